The van der Waals surface area contributed by atoms with E-state index in [4.69, 9.17) is 0 Å². The van der Waals surface area contributed by atoms with Gasteiger partial charge in [0, 0.05) is 19.3 Å². The Morgan fingerprint density at radius 2 is 2.00 bits per heavy atom. The van der Waals surface area contributed by atoms with Crippen LogP contribution in [0, 0.1) is 0 Å². The zero-order valence-electron chi connectivity index (χ0n) is 13.1. The lowest BCUT2D eigenvalue weighted by molar-refractivity contribution is -0.134. The molecule has 0 aliphatic carbocycles. The van der Waals surface area contributed by atoms with Crippen LogP contribution in [-0.4, -0.2) is 47.1 Å². The Hall–Kier alpha value is -3.03. The molecule has 1 aliphatic rings. The zero-order chi connectivity index (χ0) is 16.4. The number of carbonyl (C=O) groups excluding carboxylic acids is 1. The van der Waals surface area contributed by atoms with Crippen molar-refractivity contribution in [3.05, 3.63) is 60.4 Å². The van der Waals surface area contributed by atoms with E-state index in [1.54, 1.807) is 0 Å². The van der Waals surface area contributed by atoms with E-state index in [1.165, 1.54) is 11.0 Å². The third kappa shape index (κ3) is 2.66. The van der Waals surface area contributed by atoms with Gasteiger partial charge in [-0.1, -0.05) is 30.3 Å². The summed E-state index contributed by atoms with van der Waals surface area (Å²) in [5.74, 6) is -0.0110. The molecule has 8 heteroatoms. The lowest BCUT2D eigenvalue weighted by Gasteiger charge is -2.25. The van der Waals surface area contributed by atoms with Crippen LogP contribution < -0.4 is 0 Å². The van der Waals surface area contributed by atoms with E-state index < -0.39 is 6.04 Å². The maximum absolute atomic E-state index is 13.3. The molecule has 0 N–H and O–H groups in total. The van der Waals surface area contributed by atoms with E-state index in [9.17, 15) is 4.79 Å². The molecule has 0 spiro atoms. The Morgan fingerprint density at radius 1 is 1.12 bits per heavy atom. The number of benzene rings is 1. The van der Waals surface area contributed by atoms with Gasteiger partial charge in [0.15, 0.2) is 6.04 Å². The van der Waals surface area contributed by atoms with Crippen molar-refractivity contribution < 1.29 is 4.79 Å². The number of tetrazole rings is 1. The van der Waals surface area contributed by atoms with Gasteiger partial charge in [-0.25, -0.2) is 9.67 Å². The lowest BCUT2D eigenvalue weighted by atomic mass is 10.1. The Kier molecular flexibility index (Phi) is 3.78. The van der Waals surface area contributed by atoms with Gasteiger partial charge in [0.25, 0.3) is 5.91 Å². The van der Waals surface area contributed by atoms with E-state index in [1.807, 2.05) is 47.8 Å². The summed E-state index contributed by atoms with van der Waals surface area (Å²) in [4.78, 5) is 19.3. The van der Waals surface area contributed by atoms with Crippen LogP contribution >= 0.6 is 0 Å². The molecule has 0 bridgehead atoms. The maximum Gasteiger partial charge on any atom is 0.252 e. The first-order chi connectivity index (χ1) is 11.8. The quantitative estimate of drug-likeness (QED) is 0.715. The summed E-state index contributed by atoms with van der Waals surface area (Å²) in [6.07, 6.45) is 6.02. The number of hydrogen-bond donors (Lipinski definition) is 0. The molecule has 0 fully saturated rings. The number of nitrogens with zero attached hydrogens (tertiary/aromatic N) is 7. The largest absolute Gasteiger partial charge is 0.335 e. The van der Waals surface area contributed by atoms with Crippen LogP contribution in [0.25, 0.3) is 0 Å². The minimum Gasteiger partial charge on any atom is -0.335 e. The summed E-state index contributed by atoms with van der Waals surface area (Å²) in [7, 11) is 0. The first-order valence-corrected chi connectivity index (χ1v) is 7.88. The standard InChI is InChI=1S/C16H17N7O/c24-16(21-7-4-8-22-11-17-9-14(22)10-21)15(23-12-18-19-20-23)13-5-2-1-3-6-13/h1-3,5-6,9,11-12,15H,4,7-8,10H2/t15-/m1/s1. The Labute approximate surface area is 138 Å². The predicted molar refractivity (Wildman–Crippen MR) is 84.7 cm³/mol. The number of hydrogen-bond acceptors (Lipinski definition) is 5. The molecule has 24 heavy (non-hydrogen) atoms. The van der Waals surface area contributed by atoms with Crippen LogP contribution in [-0.2, 0) is 17.9 Å². The van der Waals surface area contributed by atoms with E-state index in [0.717, 1.165) is 24.2 Å². The molecular formula is C16H17N7O. The average Bonchev–Trinajstić information content (AvgIpc) is 3.24. The predicted octanol–water partition coefficient (Wildman–Crippen LogP) is 0.891. The molecule has 2 aromatic heterocycles. The van der Waals surface area contributed by atoms with Crippen molar-refractivity contribution in [1.29, 1.82) is 0 Å². The van der Waals surface area contributed by atoms with Crippen LogP contribution in [0.15, 0.2) is 49.2 Å². The fourth-order valence-electron chi connectivity index (χ4n) is 3.08. The summed E-state index contributed by atoms with van der Waals surface area (Å²) < 4.78 is 3.61. The molecule has 0 radical (unpaired) electrons. The van der Waals surface area contributed by atoms with Gasteiger partial charge in [-0.15, -0.1) is 5.10 Å². The first-order valence-electron chi connectivity index (χ1n) is 7.88. The van der Waals surface area contributed by atoms with Crippen LogP contribution in [0.5, 0.6) is 0 Å². The molecule has 3 aromatic rings. The highest BCUT2D eigenvalue weighted by Crippen LogP contribution is 2.22. The number of rotatable bonds is 3. The SMILES string of the molecule is O=C([C@@H](c1ccccc1)n1cnnn1)N1CCCn2cncc2C1. The maximum atomic E-state index is 13.3. The highest BCUT2D eigenvalue weighted by molar-refractivity contribution is 5.83. The summed E-state index contributed by atoms with van der Waals surface area (Å²) in [5, 5.41) is 11.3. The smallest absolute Gasteiger partial charge is 0.252 e. The summed E-state index contributed by atoms with van der Waals surface area (Å²) in [5.41, 5.74) is 1.91. The molecule has 8 nitrogen and oxygen atoms in total. The van der Waals surface area contributed by atoms with Crippen molar-refractivity contribution in [2.24, 2.45) is 0 Å². The monoisotopic (exact) mass is 323 g/mol. The van der Waals surface area contributed by atoms with E-state index in [0.29, 0.717) is 13.1 Å². The molecule has 3 heterocycles. The molecule has 1 aliphatic heterocycles. The number of aryl methyl sites for hydroxylation is 1. The normalized spacial score (nSPS) is 15.6. The molecule has 1 amide bonds. The van der Waals surface area contributed by atoms with Gasteiger partial charge in [-0.05, 0) is 22.4 Å². The van der Waals surface area contributed by atoms with Crippen LogP contribution in [0.4, 0.5) is 0 Å². The molecular weight excluding hydrogens is 306 g/mol. The summed E-state index contributed by atoms with van der Waals surface area (Å²) >= 11 is 0. The van der Waals surface area contributed by atoms with Gasteiger partial charge in [-0.3, -0.25) is 4.79 Å². The zero-order valence-corrected chi connectivity index (χ0v) is 13.1. The van der Waals surface area contributed by atoms with Crippen molar-refractivity contribution in [3.63, 3.8) is 0 Å². The Balaban J connectivity index is 1.67. The van der Waals surface area contributed by atoms with Crippen molar-refractivity contribution in [2.75, 3.05) is 6.54 Å². The fourth-order valence-corrected chi connectivity index (χ4v) is 3.08. The molecule has 4 rings (SSSR count). The molecule has 0 unspecified atom stereocenters. The highest BCUT2D eigenvalue weighted by atomic mass is 16.2. The number of amides is 1. The Morgan fingerprint density at radius 3 is 2.79 bits per heavy atom. The summed E-state index contributed by atoms with van der Waals surface area (Å²) in [6.45, 7) is 2.12. The first kappa shape index (κ1) is 14.6. The lowest BCUT2D eigenvalue weighted by Crippen LogP contribution is -2.38. The second-order valence-corrected chi connectivity index (χ2v) is 5.79. The number of aromatic nitrogens is 6. The minimum atomic E-state index is -0.560. The van der Waals surface area contributed by atoms with Crippen LogP contribution in [0.3, 0.4) is 0 Å². The van der Waals surface area contributed by atoms with Gasteiger partial charge < -0.3 is 9.47 Å². The number of fused-ring (bicyclic) bond motifs is 1. The van der Waals surface area contributed by atoms with Crippen LogP contribution in [0.2, 0.25) is 0 Å². The number of carbonyl (C=O) groups is 1. The highest BCUT2D eigenvalue weighted by Gasteiger charge is 2.30. The van der Waals surface area contributed by atoms with Gasteiger partial charge in [0.2, 0.25) is 0 Å². The van der Waals surface area contributed by atoms with E-state index >= 15 is 0 Å². The van der Waals surface area contributed by atoms with Gasteiger partial charge >= 0.3 is 0 Å². The minimum absolute atomic E-state index is 0.0110. The fraction of sp³-hybridized carbons (Fsp3) is 0.312. The second-order valence-electron chi connectivity index (χ2n) is 5.79. The van der Waals surface area contributed by atoms with E-state index in [2.05, 4.69) is 25.1 Å². The average molecular weight is 323 g/mol. The van der Waals surface area contributed by atoms with E-state index in [-0.39, 0.29) is 5.91 Å². The topological polar surface area (TPSA) is 81.7 Å². The molecule has 0 saturated carbocycles. The van der Waals surface area contributed by atoms with Gasteiger partial charge in [0.05, 0.1) is 18.6 Å². The van der Waals surface area contributed by atoms with Gasteiger partial charge in [0.1, 0.15) is 6.33 Å². The molecule has 1 atom stereocenters. The molecule has 0 saturated heterocycles. The van der Waals surface area contributed by atoms with Crippen LogP contribution in [0.1, 0.15) is 23.7 Å². The second kappa shape index (κ2) is 6.23. The third-order valence-corrected chi connectivity index (χ3v) is 4.27. The van der Waals surface area contributed by atoms with Crippen molar-refractivity contribution in [3.8, 4) is 0 Å². The molecule has 1 aromatic carbocycles. The molecule has 122 valence electrons. The third-order valence-electron chi connectivity index (χ3n) is 4.27. The number of imidazole rings is 1. The van der Waals surface area contributed by atoms with Gasteiger partial charge in [-0.2, -0.15) is 0 Å². The summed E-state index contributed by atoms with van der Waals surface area (Å²) in [6, 6.07) is 9.04. The van der Waals surface area contributed by atoms with Crippen molar-refractivity contribution in [1.82, 2.24) is 34.7 Å². The Bertz CT molecular complexity index is 812. The van der Waals surface area contributed by atoms with Crippen molar-refractivity contribution in [2.45, 2.75) is 25.6 Å². The van der Waals surface area contributed by atoms with Crippen molar-refractivity contribution >= 4 is 5.91 Å².